The van der Waals surface area contributed by atoms with Gasteiger partial charge in [-0.2, -0.15) is 0 Å². The fraction of sp³-hybridized carbons (Fsp3) is 0.938. The van der Waals surface area contributed by atoms with Crippen molar-refractivity contribution in [1.82, 2.24) is 9.80 Å². The first-order valence-electron chi connectivity index (χ1n) is 16.1. The lowest BCUT2D eigenvalue weighted by atomic mass is 9.96. The summed E-state index contributed by atoms with van der Waals surface area (Å²) in [7, 11) is 4.08. The van der Waals surface area contributed by atoms with Crippen LogP contribution in [0.25, 0.3) is 0 Å². The van der Waals surface area contributed by atoms with Crippen molar-refractivity contribution in [3.63, 3.8) is 0 Å². The molecule has 0 aromatic heterocycles. The zero-order valence-electron chi connectivity index (χ0n) is 25.1. The third-order valence-electron chi connectivity index (χ3n) is 7.90. The van der Waals surface area contributed by atoms with E-state index in [0.717, 1.165) is 58.0 Å². The van der Waals surface area contributed by atoms with E-state index in [1.807, 2.05) is 19.0 Å². The largest absolute Gasteiger partial charge is 0.449 e. The second kappa shape index (κ2) is 24.0. The van der Waals surface area contributed by atoms with E-state index < -0.39 is 0 Å². The predicted octanol–water partition coefficient (Wildman–Crippen LogP) is 8.93. The summed E-state index contributed by atoms with van der Waals surface area (Å²) in [6.07, 6.45) is 27.5. The van der Waals surface area contributed by atoms with Crippen LogP contribution in [0.2, 0.25) is 0 Å². The standard InChI is InChI=1S/C32H62N2O3/c1-4-5-6-7-8-9-10-11-12-13-14-15-16-17-18-21-29-37-32(36)34-28-20-19-23-30(34)25-26-31(35)24-22-27-33(2)3/h30H,4-29H2,1-3H3. The van der Waals surface area contributed by atoms with Crippen molar-refractivity contribution >= 4 is 11.9 Å². The van der Waals surface area contributed by atoms with E-state index in [-0.39, 0.29) is 12.1 Å². The number of unbranched alkanes of at least 4 members (excludes halogenated alkanes) is 15. The number of ether oxygens (including phenoxy) is 1. The molecule has 5 nitrogen and oxygen atoms in total. The highest BCUT2D eigenvalue weighted by Crippen LogP contribution is 2.22. The zero-order chi connectivity index (χ0) is 27.0. The zero-order valence-corrected chi connectivity index (χ0v) is 25.1. The molecule has 0 aromatic rings. The van der Waals surface area contributed by atoms with Crippen LogP contribution in [0.4, 0.5) is 4.79 Å². The van der Waals surface area contributed by atoms with Gasteiger partial charge in [-0.25, -0.2) is 4.79 Å². The van der Waals surface area contributed by atoms with Gasteiger partial charge in [0.2, 0.25) is 0 Å². The minimum Gasteiger partial charge on any atom is -0.449 e. The molecule has 5 heteroatoms. The predicted molar refractivity (Wildman–Crippen MR) is 157 cm³/mol. The number of piperidine rings is 1. The molecule has 1 aliphatic heterocycles. The first kappa shape index (κ1) is 33.9. The number of nitrogens with zero attached hydrogens (tertiary/aromatic N) is 2. The molecule has 0 saturated carbocycles. The molecule has 0 radical (unpaired) electrons. The maximum atomic E-state index is 12.7. The van der Waals surface area contributed by atoms with Gasteiger partial charge < -0.3 is 14.5 Å². The fourth-order valence-corrected chi connectivity index (χ4v) is 5.48. The minimum atomic E-state index is -0.161. The summed E-state index contributed by atoms with van der Waals surface area (Å²) >= 11 is 0. The van der Waals surface area contributed by atoms with Crippen LogP contribution < -0.4 is 0 Å². The molecule has 1 fully saturated rings. The van der Waals surface area contributed by atoms with E-state index in [1.165, 1.54) is 89.9 Å². The topological polar surface area (TPSA) is 49.9 Å². The maximum Gasteiger partial charge on any atom is 0.410 e. The van der Waals surface area contributed by atoms with Crippen LogP contribution in [0.15, 0.2) is 0 Å². The van der Waals surface area contributed by atoms with Crippen LogP contribution in [0.3, 0.4) is 0 Å². The molecule has 1 amide bonds. The minimum absolute atomic E-state index is 0.161. The number of likely N-dealkylation sites (tertiary alicyclic amines) is 1. The Morgan fingerprint density at radius 1 is 0.730 bits per heavy atom. The number of ketones is 1. The summed E-state index contributed by atoms with van der Waals surface area (Å²) in [5.74, 6) is 0.328. The van der Waals surface area contributed by atoms with Crippen LogP contribution in [0, 0.1) is 0 Å². The lowest BCUT2D eigenvalue weighted by molar-refractivity contribution is -0.119. The monoisotopic (exact) mass is 522 g/mol. The number of Topliss-reactive ketones (excluding diaryl/α,β-unsaturated/α-hetero) is 1. The molecule has 37 heavy (non-hydrogen) atoms. The molecule has 1 rings (SSSR count). The quantitative estimate of drug-likeness (QED) is 0.119. The molecule has 0 aromatic carbocycles. The Morgan fingerprint density at radius 3 is 1.81 bits per heavy atom. The van der Waals surface area contributed by atoms with E-state index in [4.69, 9.17) is 4.74 Å². The van der Waals surface area contributed by atoms with Gasteiger partial charge in [-0.15, -0.1) is 0 Å². The molecular weight excluding hydrogens is 460 g/mol. The Hall–Kier alpha value is -1.10. The van der Waals surface area contributed by atoms with Gasteiger partial charge in [-0.05, 0) is 59.2 Å². The average Bonchev–Trinajstić information content (AvgIpc) is 2.89. The number of amides is 1. The van der Waals surface area contributed by atoms with E-state index in [2.05, 4.69) is 11.8 Å². The number of carbonyl (C=O) groups excluding carboxylic acids is 2. The molecule has 0 aliphatic carbocycles. The van der Waals surface area contributed by atoms with Crippen molar-refractivity contribution in [3.05, 3.63) is 0 Å². The van der Waals surface area contributed by atoms with Crippen molar-refractivity contribution < 1.29 is 14.3 Å². The third kappa shape index (κ3) is 19.6. The van der Waals surface area contributed by atoms with Crippen molar-refractivity contribution in [2.45, 2.75) is 161 Å². The van der Waals surface area contributed by atoms with Gasteiger partial charge in [-0.1, -0.05) is 103 Å². The fourth-order valence-electron chi connectivity index (χ4n) is 5.48. The highest BCUT2D eigenvalue weighted by atomic mass is 16.6. The normalized spacial score (nSPS) is 15.9. The van der Waals surface area contributed by atoms with E-state index in [0.29, 0.717) is 25.2 Å². The second-order valence-corrected chi connectivity index (χ2v) is 11.7. The highest BCUT2D eigenvalue weighted by molar-refractivity contribution is 5.78. The smallest absolute Gasteiger partial charge is 0.410 e. The van der Waals surface area contributed by atoms with Crippen LogP contribution >= 0.6 is 0 Å². The van der Waals surface area contributed by atoms with Crippen molar-refractivity contribution in [1.29, 1.82) is 0 Å². The Morgan fingerprint density at radius 2 is 1.27 bits per heavy atom. The lowest BCUT2D eigenvalue weighted by Crippen LogP contribution is -2.44. The molecule has 1 saturated heterocycles. The van der Waals surface area contributed by atoms with Crippen LogP contribution in [-0.4, -0.2) is 61.5 Å². The molecular formula is C32H62N2O3. The van der Waals surface area contributed by atoms with Gasteiger partial charge in [0.15, 0.2) is 0 Å². The van der Waals surface area contributed by atoms with E-state index >= 15 is 0 Å². The van der Waals surface area contributed by atoms with Crippen molar-refractivity contribution in [3.8, 4) is 0 Å². The number of hydrogen-bond donors (Lipinski definition) is 0. The lowest BCUT2D eigenvalue weighted by Gasteiger charge is -2.35. The second-order valence-electron chi connectivity index (χ2n) is 11.7. The number of carbonyl (C=O) groups is 2. The highest BCUT2D eigenvalue weighted by Gasteiger charge is 2.28. The van der Waals surface area contributed by atoms with Crippen molar-refractivity contribution in [2.75, 3.05) is 33.8 Å². The molecule has 0 spiro atoms. The molecule has 0 bridgehead atoms. The summed E-state index contributed by atoms with van der Waals surface area (Å²) in [5, 5.41) is 0. The Bertz CT molecular complexity index is 552. The van der Waals surface area contributed by atoms with Crippen molar-refractivity contribution in [2.24, 2.45) is 0 Å². The van der Waals surface area contributed by atoms with Gasteiger partial charge >= 0.3 is 6.09 Å². The molecule has 1 aliphatic rings. The van der Waals surface area contributed by atoms with Gasteiger partial charge in [0.1, 0.15) is 5.78 Å². The van der Waals surface area contributed by atoms with Gasteiger partial charge in [0.25, 0.3) is 0 Å². The molecule has 1 heterocycles. The summed E-state index contributed by atoms with van der Waals surface area (Å²) in [6, 6.07) is 0.171. The molecule has 0 N–H and O–H groups in total. The van der Waals surface area contributed by atoms with E-state index in [1.54, 1.807) is 0 Å². The summed E-state index contributed by atoms with van der Waals surface area (Å²) in [4.78, 5) is 28.9. The SMILES string of the molecule is CCCCCCCCCCCCCCCCCCOC(=O)N1CCCCC1CCC(=O)CCCN(C)C. The molecule has 1 atom stereocenters. The Balaban J connectivity index is 1.98. The molecule has 1 unspecified atom stereocenters. The summed E-state index contributed by atoms with van der Waals surface area (Å²) in [6.45, 7) is 4.54. The first-order chi connectivity index (χ1) is 18.0. The van der Waals surface area contributed by atoms with Crippen LogP contribution in [-0.2, 0) is 9.53 Å². The molecule has 218 valence electrons. The van der Waals surface area contributed by atoms with Gasteiger partial charge in [0.05, 0.1) is 6.61 Å². The van der Waals surface area contributed by atoms with Gasteiger partial charge in [0, 0.05) is 25.4 Å². The number of rotatable bonds is 24. The summed E-state index contributed by atoms with van der Waals surface area (Å²) in [5.41, 5.74) is 0. The Kier molecular flexibility index (Phi) is 22.0. The van der Waals surface area contributed by atoms with Crippen LogP contribution in [0.1, 0.15) is 155 Å². The first-order valence-corrected chi connectivity index (χ1v) is 16.1. The summed E-state index contributed by atoms with van der Waals surface area (Å²) < 4.78 is 5.63. The number of hydrogen-bond acceptors (Lipinski definition) is 4. The van der Waals surface area contributed by atoms with E-state index in [9.17, 15) is 9.59 Å². The van der Waals surface area contributed by atoms with Gasteiger partial charge in [-0.3, -0.25) is 4.79 Å². The van der Waals surface area contributed by atoms with Crippen LogP contribution in [0.5, 0.6) is 0 Å². The average molecular weight is 523 g/mol. The third-order valence-corrected chi connectivity index (χ3v) is 7.90. The maximum absolute atomic E-state index is 12.7. The Labute approximate surface area is 230 Å².